The fraction of sp³-hybridized carbons (Fsp3) is 0.385. The summed E-state index contributed by atoms with van der Waals surface area (Å²) < 4.78 is 6.00. The van der Waals surface area contributed by atoms with Gasteiger partial charge < -0.3 is 10.1 Å². The van der Waals surface area contributed by atoms with Crippen LogP contribution >= 0.6 is 11.6 Å². The molecule has 2 heterocycles. The highest BCUT2D eigenvalue weighted by Gasteiger charge is 2.38. The second kappa shape index (κ2) is 8.25. The molecule has 2 aromatic carbocycles. The Morgan fingerprint density at radius 2 is 1.81 bits per heavy atom. The average molecular weight is 437 g/mol. The fourth-order valence-electron chi connectivity index (χ4n) is 5.09. The maximum Gasteiger partial charge on any atom is 0.227 e. The summed E-state index contributed by atoms with van der Waals surface area (Å²) >= 11 is 6.49. The van der Waals surface area contributed by atoms with Gasteiger partial charge in [0.1, 0.15) is 5.75 Å². The maximum absolute atomic E-state index is 13.0. The number of Topliss-reactive ketones (excluding diaryl/α,β-unsaturated/α-hetero) is 1. The number of rotatable bonds is 5. The molecule has 1 aliphatic heterocycles. The van der Waals surface area contributed by atoms with Gasteiger partial charge in [-0.25, -0.2) is 4.98 Å². The number of hydrogen-bond donors (Lipinski definition) is 1. The van der Waals surface area contributed by atoms with E-state index < -0.39 is 0 Å². The summed E-state index contributed by atoms with van der Waals surface area (Å²) in [5, 5.41) is 6.04. The first kappa shape index (κ1) is 21.8. The zero-order valence-electron chi connectivity index (χ0n) is 18.5. The Bertz CT molecular complexity index is 1100. The van der Waals surface area contributed by atoms with E-state index in [1.54, 1.807) is 24.4 Å². The van der Waals surface area contributed by atoms with Crippen LogP contribution in [0, 0.1) is 5.92 Å². The van der Waals surface area contributed by atoms with E-state index in [2.05, 4.69) is 38.0 Å². The van der Waals surface area contributed by atoms with Crippen LogP contribution in [0.2, 0.25) is 5.02 Å². The van der Waals surface area contributed by atoms with Crippen molar-refractivity contribution < 1.29 is 9.53 Å². The fourth-order valence-corrected chi connectivity index (χ4v) is 5.31. The molecule has 1 aromatic heterocycles. The average Bonchev–Trinajstić information content (AvgIpc) is 2.67. The maximum atomic E-state index is 13.0. The Morgan fingerprint density at radius 1 is 1.10 bits per heavy atom. The van der Waals surface area contributed by atoms with Crippen LogP contribution in [0.3, 0.4) is 0 Å². The van der Waals surface area contributed by atoms with Gasteiger partial charge in [0, 0.05) is 34.6 Å². The molecule has 4 rings (SSSR count). The number of nitrogens with zero attached hydrogens (tertiary/aromatic N) is 1. The van der Waals surface area contributed by atoms with Gasteiger partial charge >= 0.3 is 0 Å². The first-order valence-electron chi connectivity index (χ1n) is 10.8. The number of aromatic nitrogens is 1. The van der Waals surface area contributed by atoms with Crippen molar-refractivity contribution in [2.75, 3.05) is 0 Å². The molecule has 0 radical (unpaired) electrons. The molecule has 5 heteroatoms. The summed E-state index contributed by atoms with van der Waals surface area (Å²) in [7, 11) is 0. The number of nitrogens with one attached hydrogen (secondary N) is 1. The molecular formula is C26H29ClN2O2. The largest absolute Gasteiger partial charge is 0.437 e. The number of ketones is 1. The van der Waals surface area contributed by atoms with Gasteiger partial charge in [-0.3, -0.25) is 4.79 Å². The summed E-state index contributed by atoms with van der Waals surface area (Å²) in [6, 6.07) is 15.1. The Balaban J connectivity index is 1.50. The number of pyridine rings is 1. The molecule has 0 unspecified atom stereocenters. The molecule has 0 aliphatic carbocycles. The smallest absolute Gasteiger partial charge is 0.227 e. The molecular weight excluding hydrogens is 408 g/mol. The molecule has 1 saturated heterocycles. The summed E-state index contributed by atoms with van der Waals surface area (Å²) in [4.78, 5) is 17.4. The predicted molar refractivity (Wildman–Crippen MR) is 126 cm³/mol. The number of halogens is 1. The van der Waals surface area contributed by atoms with Gasteiger partial charge in [0.05, 0.1) is 5.02 Å². The lowest BCUT2D eigenvalue weighted by Crippen LogP contribution is -2.57. The van der Waals surface area contributed by atoms with Crippen molar-refractivity contribution >= 4 is 28.2 Å². The molecule has 0 spiro atoms. The van der Waals surface area contributed by atoms with E-state index >= 15 is 0 Å². The minimum Gasteiger partial charge on any atom is -0.437 e. The topological polar surface area (TPSA) is 51.2 Å². The van der Waals surface area contributed by atoms with Crippen molar-refractivity contribution in [2.45, 2.75) is 58.0 Å². The third kappa shape index (κ3) is 5.08. The second-order valence-corrected chi connectivity index (χ2v) is 10.3. The number of hydrogen-bond acceptors (Lipinski definition) is 4. The lowest BCUT2D eigenvalue weighted by molar-refractivity contribution is 0.0864. The summed E-state index contributed by atoms with van der Waals surface area (Å²) in [6.07, 6.45) is 4.19. The Morgan fingerprint density at radius 3 is 2.52 bits per heavy atom. The molecule has 0 amide bonds. The van der Waals surface area contributed by atoms with Crippen LogP contribution in [-0.2, 0) is 0 Å². The van der Waals surface area contributed by atoms with Crippen LogP contribution in [0.15, 0.2) is 54.7 Å². The Hall–Kier alpha value is -2.43. The molecule has 31 heavy (non-hydrogen) atoms. The quantitative estimate of drug-likeness (QED) is 0.446. The SMILES string of the molecule is CC1(C)CC(CC(=O)c2ccc(Oc3nccc4ccccc34)c(Cl)c2)CC(C)(C)N1. The number of carbonyl (C=O) groups excluding carboxylic acids is 1. The van der Waals surface area contributed by atoms with E-state index in [1.165, 1.54) is 0 Å². The van der Waals surface area contributed by atoms with E-state index in [9.17, 15) is 4.79 Å². The standard InChI is InChI=1S/C26H29ClN2O2/c1-25(2)15-17(16-26(3,4)29-25)13-22(30)19-9-10-23(21(27)14-19)31-24-20-8-6-5-7-18(20)11-12-28-24/h5-12,14,17,29H,13,15-16H2,1-4H3. The number of ether oxygens (including phenoxy) is 1. The second-order valence-electron chi connectivity index (χ2n) is 9.88. The van der Waals surface area contributed by atoms with E-state index in [-0.39, 0.29) is 16.9 Å². The van der Waals surface area contributed by atoms with Crippen LogP contribution in [0.1, 0.15) is 57.3 Å². The minimum absolute atomic E-state index is 0.0213. The van der Waals surface area contributed by atoms with Crippen molar-refractivity contribution in [1.82, 2.24) is 10.3 Å². The molecule has 4 nitrogen and oxygen atoms in total. The Kier molecular flexibility index (Phi) is 5.80. The van der Waals surface area contributed by atoms with Gasteiger partial charge in [0.25, 0.3) is 0 Å². The van der Waals surface area contributed by atoms with Crippen molar-refractivity contribution in [3.63, 3.8) is 0 Å². The van der Waals surface area contributed by atoms with Gasteiger partial charge in [0.15, 0.2) is 5.78 Å². The van der Waals surface area contributed by atoms with Gasteiger partial charge in [-0.1, -0.05) is 29.8 Å². The van der Waals surface area contributed by atoms with Crippen LogP contribution in [-0.4, -0.2) is 21.8 Å². The van der Waals surface area contributed by atoms with Gasteiger partial charge in [-0.05, 0) is 82.2 Å². The number of fused-ring (bicyclic) bond motifs is 1. The molecule has 0 saturated carbocycles. The third-order valence-corrected chi connectivity index (χ3v) is 6.14. The van der Waals surface area contributed by atoms with Crippen LogP contribution in [0.5, 0.6) is 11.6 Å². The molecule has 0 atom stereocenters. The van der Waals surface area contributed by atoms with E-state index in [4.69, 9.17) is 16.3 Å². The first-order chi connectivity index (χ1) is 14.6. The third-order valence-electron chi connectivity index (χ3n) is 5.85. The van der Waals surface area contributed by atoms with Gasteiger partial charge in [-0.2, -0.15) is 0 Å². The van der Waals surface area contributed by atoms with E-state index in [0.29, 0.717) is 34.6 Å². The summed E-state index contributed by atoms with van der Waals surface area (Å²) in [6.45, 7) is 8.82. The molecule has 3 aromatic rings. The highest BCUT2D eigenvalue weighted by molar-refractivity contribution is 6.32. The number of benzene rings is 2. The van der Waals surface area contributed by atoms with Crippen molar-refractivity contribution in [3.8, 4) is 11.6 Å². The van der Waals surface area contributed by atoms with Crippen molar-refractivity contribution in [3.05, 3.63) is 65.3 Å². The monoisotopic (exact) mass is 436 g/mol. The highest BCUT2D eigenvalue weighted by atomic mass is 35.5. The highest BCUT2D eigenvalue weighted by Crippen LogP contribution is 2.36. The molecule has 0 bridgehead atoms. The van der Waals surface area contributed by atoms with Crippen LogP contribution in [0.25, 0.3) is 10.8 Å². The normalized spacial score (nSPS) is 18.1. The molecule has 1 aliphatic rings. The van der Waals surface area contributed by atoms with E-state index in [0.717, 1.165) is 23.6 Å². The zero-order valence-corrected chi connectivity index (χ0v) is 19.3. The van der Waals surface area contributed by atoms with E-state index in [1.807, 2.05) is 30.3 Å². The minimum atomic E-state index is 0.0213. The lowest BCUT2D eigenvalue weighted by Gasteiger charge is -2.46. The van der Waals surface area contributed by atoms with Crippen molar-refractivity contribution in [1.29, 1.82) is 0 Å². The first-order valence-corrected chi connectivity index (χ1v) is 11.1. The lowest BCUT2D eigenvalue weighted by atomic mass is 9.74. The van der Waals surface area contributed by atoms with Crippen LogP contribution < -0.4 is 10.1 Å². The Labute approximate surface area is 189 Å². The van der Waals surface area contributed by atoms with Gasteiger partial charge in [-0.15, -0.1) is 0 Å². The van der Waals surface area contributed by atoms with Crippen LogP contribution in [0.4, 0.5) is 0 Å². The van der Waals surface area contributed by atoms with Gasteiger partial charge in [0.2, 0.25) is 5.88 Å². The van der Waals surface area contributed by atoms with Crippen molar-refractivity contribution in [2.24, 2.45) is 5.92 Å². The molecule has 1 fully saturated rings. The molecule has 1 N–H and O–H groups in total. The number of carbonyl (C=O) groups is 1. The summed E-state index contributed by atoms with van der Waals surface area (Å²) in [5.74, 6) is 1.45. The number of piperidine rings is 1. The molecule has 162 valence electrons. The zero-order chi connectivity index (χ0) is 22.2. The summed E-state index contributed by atoms with van der Waals surface area (Å²) in [5.41, 5.74) is 0.665. The predicted octanol–water partition coefficient (Wildman–Crippen LogP) is 6.81.